The van der Waals surface area contributed by atoms with Crippen LogP contribution < -0.4 is 5.73 Å². The highest BCUT2D eigenvalue weighted by atomic mass is 32.1. The normalized spacial score (nSPS) is 10.3. The van der Waals surface area contributed by atoms with Gasteiger partial charge in [0.05, 0.1) is 0 Å². The van der Waals surface area contributed by atoms with Gasteiger partial charge in [-0.3, -0.25) is 4.79 Å². The second kappa shape index (κ2) is 5.18. The fraction of sp³-hybridized carbons (Fsp3) is 0.231. The number of carbonyl (C=O) groups excluding carboxylic acids is 1. The van der Waals surface area contributed by atoms with E-state index in [1.165, 1.54) is 16.9 Å². The van der Waals surface area contributed by atoms with E-state index < -0.39 is 0 Å². The molecule has 0 aliphatic carbocycles. The van der Waals surface area contributed by atoms with Gasteiger partial charge < -0.3 is 10.6 Å². The Morgan fingerprint density at radius 3 is 2.89 bits per heavy atom. The number of nitrogens with two attached hydrogens (primary N) is 1. The average molecular weight is 261 g/mol. The summed E-state index contributed by atoms with van der Waals surface area (Å²) in [6.07, 6.45) is 0. The van der Waals surface area contributed by atoms with Crippen molar-refractivity contribution in [3.8, 4) is 0 Å². The average Bonchev–Trinajstić information content (AvgIpc) is 2.75. The molecule has 0 aliphatic heterocycles. The second-order valence-corrected chi connectivity index (χ2v) is 5.11. The first-order chi connectivity index (χ1) is 8.56. The fourth-order valence-electron chi connectivity index (χ4n) is 1.74. The summed E-state index contributed by atoms with van der Waals surface area (Å²) >= 11 is 1.28. The van der Waals surface area contributed by atoms with Crippen molar-refractivity contribution >= 4 is 22.4 Å². The monoisotopic (exact) mass is 261 g/mol. The Kier molecular flexibility index (Phi) is 3.62. The molecule has 0 aliphatic rings. The molecule has 0 saturated heterocycles. The van der Waals surface area contributed by atoms with Crippen LogP contribution in [0.5, 0.6) is 0 Å². The predicted octanol–water partition coefficient (Wildman–Crippen LogP) is 2.31. The molecule has 2 rings (SSSR count). The molecule has 0 bridgehead atoms. The molecule has 0 unspecified atom stereocenters. The Morgan fingerprint density at radius 2 is 2.28 bits per heavy atom. The van der Waals surface area contributed by atoms with Gasteiger partial charge in [-0.2, -0.15) is 0 Å². The summed E-state index contributed by atoms with van der Waals surface area (Å²) in [5.74, 6) is -0.107. The van der Waals surface area contributed by atoms with E-state index in [0.29, 0.717) is 17.4 Å². The molecule has 1 heterocycles. The summed E-state index contributed by atoms with van der Waals surface area (Å²) in [4.78, 5) is 17.7. The number of hydrogen-bond donors (Lipinski definition) is 1. The molecule has 0 fully saturated rings. The zero-order valence-electron chi connectivity index (χ0n) is 10.4. The lowest BCUT2D eigenvalue weighted by Gasteiger charge is -2.16. The Hall–Kier alpha value is -1.88. The molecule has 94 valence electrons. The Labute approximate surface area is 110 Å². The summed E-state index contributed by atoms with van der Waals surface area (Å²) in [5.41, 5.74) is 8.23. The van der Waals surface area contributed by atoms with Crippen molar-refractivity contribution < 1.29 is 4.79 Å². The van der Waals surface area contributed by atoms with Crippen molar-refractivity contribution in [1.82, 2.24) is 9.88 Å². The van der Waals surface area contributed by atoms with E-state index in [0.717, 1.165) is 5.56 Å². The van der Waals surface area contributed by atoms with Crippen molar-refractivity contribution in [2.24, 2.45) is 0 Å². The number of amides is 1. The highest BCUT2D eigenvalue weighted by molar-refractivity contribution is 7.13. The Balaban J connectivity index is 2.08. The molecule has 0 saturated carbocycles. The van der Waals surface area contributed by atoms with Gasteiger partial charge in [0.25, 0.3) is 5.91 Å². The lowest BCUT2D eigenvalue weighted by Crippen LogP contribution is -2.26. The molecule has 1 aromatic carbocycles. The molecule has 0 spiro atoms. The van der Waals surface area contributed by atoms with Gasteiger partial charge in [0.1, 0.15) is 5.69 Å². The summed E-state index contributed by atoms with van der Waals surface area (Å²) < 4.78 is 0. The van der Waals surface area contributed by atoms with Gasteiger partial charge in [-0.05, 0) is 12.5 Å². The third kappa shape index (κ3) is 2.87. The van der Waals surface area contributed by atoms with E-state index in [1.807, 2.05) is 25.1 Å². The van der Waals surface area contributed by atoms with Gasteiger partial charge in [0.15, 0.2) is 5.13 Å². The smallest absolute Gasteiger partial charge is 0.273 e. The number of nitrogens with zero attached hydrogens (tertiary/aromatic N) is 2. The fourth-order valence-corrected chi connectivity index (χ4v) is 2.27. The first-order valence-electron chi connectivity index (χ1n) is 5.58. The van der Waals surface area contributed by atoms with Crippen molar-refractivity contribution in [1.29, 1.82) is 0 Å². The van der Waals surface area contributed by atoms with Gasteiger partial charge in [0, 0.05) is 19.0 Å². The number of hydrogen-bond acceptors (Lipinski definition) is 4. The van der Waals surface area contributed by atoms with Crippen LogP contribution in [-0.4, -0.2) is 22.8 Å². The minimum Gasteiger partial charge on any atom is -0.375 e. The number of rotatable bonds is 3. The van der Waals surface area contributed by atoms with Crippen LogP contribution in [0.25, 0.3) is 0 Å². The van der Waals surface area contributed by atoms with Crippen molar-refractivity contribution in [2.75, 3.05) is 12.8 Å². The standard InChI is InChI=1S/C13H15N3OS/c1-9-4-3-5-10(6-9)7-16(2)12(17)11-8-18-13(14)15-11/h3-6,8H,7H2,1-2H3,(H2,14,15). The van der Waals surface area contributed by atoms with Crippen LogP contribution in [0.1, 0.15) is 21.6 Å². The maximum absolute atomic E-state index is 12.1. The van der Waals surface area contributed by atoms with Crippen LogP contribution in [-0.2, 0) is 6.54 Å². The van der Waals surface area contributed by atoms with Crippen LogP contribution >= 0.6 is 11.3 Å². The van der Waals surface area contributed by atoms with E-state index in [1.54, 1.807) is 17.3 Å². The molecule has 18 heavy (non-hydrogen) atoms. The number of carbonyl (C=O) groups is 1. The van der Waals surface area contributed by atoms with Crippen LogP contribution in [0, 0.1) is 6.92 Å². The SMILES string of the molecule is Cc1cccc(CN(C)C(=O)c2csc(N)n2)c1. The molecule has 1 aromatic heterocycles. The second-order valence-electron chi connectivity index (χ2n) is 4.22. The quantitative estimate of drug-likeness (QED) is 0.922. The number of nitrogen functional groups attached to an aromatic ring is 1. The van der Waals surface area contributed by atoms with E-state index in [4.69, 9.17) is 5.73 Å². The van der Waals surface area contributed by atoms with E-state index in [-0.39, 0.29) is 5.91 Å². The third-order valence-corrected chi connectivity index (χ3v) is 3.26. The molecule has 0 radical (unpaired) electrons. The Bertz CT molecular complexity index is 565. The minimum atomic E-state index is -0.107. The van der Waals surface area contributed by atoms with Crippen LogP contribution in [0.3, 0.4) is 0 Å². The van der Waals surface area contributed by atoms with Crippen LogP contribution in [0.15, 0.2) is 29.6 Å². The van der Waals surface area contributed by atoms with Gasteiger partial charge in [0.2, 0.25) is 0 Å². The number of thiazole rings is 1. The van der Waals surface area contributed by atoms with Crippen molar-refractivity contribution in [3.63, 3.8) is 0 Å². The van der Waals surface area contributed by atoms with Gasteiger partial charge >= 0.3 is 0 Å². The highest BCUT2D eigenvalue weighted by Crippen LogP contribution is 2.14. The van der Waals surface area contributed by atoms with E-state index >= 15 is 0 Å². The van der Waals surface area contributed by atoms with Gasteiger partial charge in [-0.15, -0.1) is 11.3 Å². The Morgan fingerprint density at radius 1 is 1.50 bits per heavy atom. The summed E-state index contributed by atoms with van der Waals surface area (Å²) in [6.45, 7) is 2.60. The summed E-state index contributed by atoms with van der Waals surface area (Å²) in [5, 5.41) is 2.10. The molecule has 2 aromatic rings. The zero-order valence-corrected chi connectivity index (χ0v) is 11.2. The van der Waals surface area contributed by atoms with E-state index in [2.05, 4.69) is 11.1 Å². The van der Waals surface area contributed by atoms with Crippen LogP contribution in [0.2, 0.25) is 0 Å². The third-order valence-electron chi connectivity index (χ3n) is 2.59. The summed E-state index contributed by atoms with van der Waals surface area (Å²) in [6, 6.07) is 8.10. The molecule has 0 atom stereocenters. The maximum Gasteiger partial charge on any atom is 0.273 e. The lowest BCUT2D eigenvalue weighted by atomic mass is 10.1. The zero-order chi connectivity index (χ0) is 13.1. The molecule has 2 N–H and O–H groups in total. The largest absolute Gasteiger partial charge is 0.375 e. The lowest BCUT2D eigenvalue weighted by molar-refractivity contribution is 0.0780. The minimum absolute atomic E-state index is 0.107. The maximum atomic E-state index is 12.1. The number of aryl methyl sites for hydroxylation is 1. The van der Waals surface area contributed by atoms with Gasteiger partial charge in [-0.1, -0.05) is 29.8 Å². The predicted molar refractivity (Wildman–Crippen MR) is 73.5 cm³/mol. The highest BCUT2D eigenvalue weighted by Gasteiger charge is 2.14. The van der Waals surface area contributed by atoms with Gasteiger partial charge in [-0.25, -0.2) is 4.98 Å². The van der Waals surface area contributed by atoms with Crippen molar-refractivity contribution in [2.45, 2.75) is 13.5 Å². The van der Waals surface area contributed by atoms with Crippen molar-refractivity contribution in [3.05, 3.63) is 46.5 Å². The van der Waals surface area contributed by atoms with E-state index in [9.17, 15) is 4.79 Å². The number of aromatic nitrogens is 1. The first-order valence-corrected chi connectivity index (χ1v) is 6.46. The number of anilines is 1. The van der Waals surface area contributed by atoms with Crippen LogP contribution in [0.4, 0.5) is 5.13 Å². The molecule has 5 heteroatoms. The molecular formula is C13H15N3OS. The molecular weight excluding hydrogens is 246 g/mol. The molecule has 4 nitrogen and oxygen atoms in total. The summed E-state index contributed by atoms with van der Waals surface area (Å²) in [7, 11) is 1.76. The molecule has 1 amide bonds. The number of benzene rings is 1. The topological polar surface area (TPSA) is 59.2 Å². The first kappa shape index (κ1) is 12.6.